The third-order valence-corrected chi connectivity index (χ3v) is 0. The molecule has 248 valence electrons. The first kappa shape index (κ1) is 19800. The van der Waals surface area contributed by atoms with Crippen molar-refractivity contribution >= 4 is 0 Å². The van der Waals surface area contributed by atoms with Gasteiger partial charge in [-0.05, 0) is 0 Å². The standard InChI is InChI=1S/14CH4.4N2.12H2O/c;;;;;;;;;;;;;;4*1-2;;;;;;;;;;;;/h14*1H4;;;;;12*1H2. The Bertz CT molecular complexity index is 95.7. The lowest BCUT2D eigenvalue weighted by Crippen LogP contribution is -0.562. The molecule has 0 amide bonds. The maximum Gasteiger partial charge on any atom is 0 e. The monoisotopic (exact) mass is 553 g/mol. The molecule has 24 N–H and O–H groups in total. The van der Waals surface area contributed by atoms with Crippen LogP contribution in [0.15, 0.2) is 0 Å². The molecule has 20 heteroatoms. The highest BCUT2D eigenvalue weighted by molar-refractivity contribution is 2.52. The minimum atomic E-state index is 0. The van der Waals surface area contributed by atoms with Gasteiger partial charge in [-0.25, -0.2) is 0 Å². The number of nitrogens with zero attached hydrogens (tertiary/aromatic N) is 8. The van der Waals surface area contributed by atoms with Crippen LogP contribution >= 0.6 is 0 Å². The summed E-state index contributed by atoms with van der Waals surface area (Å²) in [6.07, 6.45) is 0. The summed E-state index contributed by atoms with van der Waals surface area (Å²) < 4.78 is 0. The molecule has 0 atom stereocenters. The molecule has 0 saturated carbocycles. The van der Waals surface area contributed by atoms with E-state index in [1.54, 1.807) is 0 Å². The number of hydrogen-bond acceptors (Lipinski definition) is 8. The maximum atomic E-state index is 6.00. The van der Waals surface area contributed by atoms with Gasteiger partial charge in [-0.1, -0.05) is 104 Å². The molecule has 0 radical (unpaired) electrons. The fraction of sp³-hybridized carbons (Fsp3) is 1.00. The Labute approximate surface area is 213 Å². The van der Waals surface area contributed by atoms with Gasteiger partial charge in [-0.15, -0.1) is 0 Å². The quantitative estimate of drug-likeness (QED) is 0.338. The molecule has 20 nitrogen and oxygen atoms in total. The first-order chi connectivity index (χ1) is 4.00. The third kappa shape index (κ3) is 2960. The van der Waals surface area contributed by atoms with E-state index in [2.05, 4.69) is 0 Å². The van der Waals surface area contributed by atoms with E-state index in [0.717, 1.165) is 0 Å². The summed E-state index contributed by atoms with van der Waals surface area (Å²) in [7, 11) is 0. The Morgan fingerprint density at radius 2 is 0.118 bits per heavy atom. The predicted molar refractivity (Wildman–Crippen MR) is 151 cm³/mol. The first-order valence-corrected chi connectivity index (χ1v) is 0.800. The minimum absolute atomic E-state index is 0. The molecule has 34 heavy (non-hydrogen) atoms. The van der Waals surface area contributed by atoms with Gasteiger partial charge in [0.05, 0.1) is 0 Å². The maximum absolute atomic E-state index is 6.00. The molecule has 0 aliphatic rings. The van der Waals surface area contributed by atoms with Crippen LogP contribution in [-0.2, 0) is 0 Å². The normalized spacial score (nSPS) is 0.235. The van der Waals surface area contributed by atoms with Crippen LogP contribution in [0.5, 0.6) is 0 Å². The van der Waals surface area contributed by atoms with Crippen molar-refractivity contribution in [1.82, 2.24) is 0 Å². The van der Waals surface area contributed by atoms with Crippen LogP contribution in [0.2, 0.25) is 0 Å². The Morgan fingerprint density at radius 3 is 0.118 bits per heavy atom. The molecule has 0 heterocycles. The van der Waals surface area contributed by atoms with Gasteiger partial charge < -0.3 is 65.7 Å². The molecule has 0 aromatic rings. The molecule has 0 saturated heterocycles. The van der Waals surface area contributed by atoms with E-state index >= 15 is 0 Å². The fourth-order valence-corrected chi connectivity index (χ4v) is 0. The van der Waals surface area contributed by atoms with E-state index in [9.17, 15) is 0 Å². The van der Waals surface area contributed by atoms with Crippen molar-refractivity contribution in [2.45, 2.75) is 104 Å². The topological polar surface area (TPSA) is 568 Å². The summed E-state index contributed by atoms with van der Waals surface area (Å²) in [5.74, 6) is 0. The van der Waals surface area contributed by atoms with E-state index in [-0.39, 0.29) is 170 Å². The van der Waals surface area contributed by atoms with Crippen LogP contribution < -0.4 is 0 Å². The highest BCUT2D eigenvalue weighted by atomic mass is 16.0. The summed E-state index contributed by atoms with van der Waals surface area (Å²) in [6.45, 7) is 0. The van der Waals surface area contributed by atoms with Gasteiger partial charge in [-0.2, -0.15) is 0 Å². The molecular weight excluding hydrogens is 472 g/mol. The van der Waals surface area contributed by atoms with Gasteiger partial charge >= 0.3 is 0 Å². The van der Waals surface area contributed by atoms with Crippen LogP contribution in [-0.4, -0.2) is 65.7 Å². The fourth-order valence-electron chi connectivity index (χ4n) is 0. The Morgan fingerprint density at radius 1 is 0.118 bits per heavy atom. The predicted octanol–water partition coefficient (Wildman–Crippen LogP) is -0.870. The Kier molecular flexibility index (Phi) is 1910000. The lowest BCUT2D eigenvalue weighted by Gasteiger charge is -0.577. The van der Waals surface area contributed by atoms with Crippen LogP contribution in [0.4, 0.5) is 0 Å². The average molecular weight is 553 g/mol. The molecule has 0 bridgehead atoms. The van der Waals surface area contributed by atoms with Crippen molar-refractivity contribution in [3.8, 4) is 0 Å². The third-order valence-electron chi connectivity index (χ3n) is 0. The molecule has 0 rings (SSSR count). The summed E-state index contributed by atoms with van der Waals surface area (Å²) >= 11 is 0. The Hall–Kier alpha value is -2.80. The van der Waals surface area contributed by atoms with Gasteiger partial charge in [0, 0.05) is 43.1 Å². The van der Waals surface area contributed by atoms with E-state index < -0.39 is 0 Å². The Balaban J connectivity index is -0.000000000179. The lowest BCUT2D eigenvalue weighted by atomic mass is 12.0. The van der Waals surface area contributed by atoms with Gasteiger partial charge in [0.1, 0.15) is 0 Å². The SMILES string of the molecule is C.C.C.C.C.C.C.C.C.C.C.C.C.C.N#N.N#N.N#N.N#N.O.O.O.O.O.O.O.O.O.O.O.O. The van der Waals surface area contributed by atoms with Gasteiger partial charge in [0.2, 0.25) is 0 Å². The highest BCUT2D eigenvalue weighted by Gasteiger charge is 0.584. The van der Waals surface area contributed by atoms with E-state index in [4.69, 9.17) is 43.1 Å². The van der Waals surface area contributed by atoms with Crippen molar-refractivity contribution in [2.24, 2.45) is 0 Å². The summed E-state index contributed by atoms with van der Waals surface area (Å²) in [6, 6.07) is 0. The van der Waals surface area contributed by atoms with Crippen LogP contribution in [0, 0.1) is 43.1 Å². The summed E-state index contributed by atoms with van der Waals surface area (Å²) in [5.41, 5.74) is 0. The second kappa shape index (κ2) is 3280. The first-order valence-electron chi connectivity index (χ1n) is 0.800. The van der Waals surface area contributed by atoms with Gasteiger partial charge in [0.25, 0.3) is 0 Å². The van der Waals surface area contributed by atoms with Crippen molar-refractivity contribution in [2.75, 3.05) is 0 Å². The largest absolute Gasteiger partial charge is 0.412 e. The zero-order valence-corrected chi connectivity index (χ0v) is 9.58. The molecule has 0 aromatic heterocycles. The van der Waals surface area contributed by atoms with Crippen LogP contribution in [0.1, 0.15) is 104 Å². The minimum Gasteiger partial charge on any atom is -0.412 e. The number of hydrogen-bond donors (Lipinski definition) is 0. The van der Waals surface area contributed by atoms with E-state index in [1.807, 2.05) is 0 Å². The number of rotatable bonds is 0. The van der Waals surface area contributed by atoms with Crippen molar-refractivity contribution < 1.29 is 65.7 Å². The molecule has 0 aliphatic heterocycles. The van der Waals surface area contributed by atoms with Crippen LogP contribution in [0.3, 0.4) is 0 Å². The summed E-state index contributed by atoms with van der Waals surface area (Å²) in [4.78, 5) is 0. The van der Waals surface area contributed by atoms with Gasteiger partial charge in [0.15, 0.2) is 0 Å². The second-order valence-corrected chi connectivity index (χ2v) is 0. The molecule has 0 aliphatic carbocycles. The summed E-state index contributed by atoms with van der Waals surface area (Å²) in [5, 5.41) is 48.0. The molecule has 0 spiro atoms. The zero-order chi connectivity index (χ0) is 8.00. The molecule has 0 aromatic carbocycles. The lowest BCUT2D eigenvalue weighted by molar-refractivity contribution is 0.823. The molecule has 0 fully saturated rings. The highest BCUT2D eigenvalue weighted by Crippen LogP contribution is 0.599. The van der Waals surface area contributed by atoms with Crippen molar-refractivity contribution in [3.63, 3.8) is 0 Å². The van der Waals surface area contributed by atoms with Crippen molar-refractivity contribution in [1.29, 1.82) is 43.1 Å². The molecule has 0 unspecified atom stereocenters. The van der Waals surface area contributed by atoms with Crippen molar-refractivity contribution in [3.05, 3.63) is 0 Å². The molecular formula is C14H80N8O12. The second-order valence-electron chi connectivity index (χ2n) is 0. The van der Waals surface area contributed by atoms with E-state index in [0.29, 0.717) is 0 Å². The smallest absolute Gasteiger partial charge is 0 e. The van der Waals surface area contributed by atoms with E-state index in [1.165, 1.54) is 0 Å². The average Bonchev–Trinajstić information content (AvgIpc) is 2.03. The van der Waals surface area contributed by atoms with Gasteiger partial charge in [-0.3, -0.25) is 0 Å². The van der Waals surface area contributed by atoms with Crippen LogP contribution in [0.25, 0.3) is 0 Å². The zero-order valence-electron chi connectivity index (χ0n) is 9.58.